The molecular formula is C32H25N3O5. The number of amides is 1. The summed E-state index contributed by atoms with van der Waals surface area (Å²) in [5.41, 5.74) is 5.27. The highest BCUT2D eigenvalue weighted by Gasteiger charge is 2.21. The standard InChI is InChI=1S/C32H25N3O5/c1-20(31(36)33-24-13-15-27-28(19-24)39-17-16-38-27)40-32(37)23-12-14-25-26(18-23)35-30(22-10-6-3-7-11-22)29(34-25)21-8-4-2-5-9-21/h2-15,18-20H,16-17H2,1H3,(H,33,36). The molecule has 0 saturated heterocycles. The molecule has 40 heavy (non-hydrogen) atoms. The number of hydrogen-bond acceptors (Lipinski definition) is 7. The van der Waals surface area contributed by atoms with Gasteiger partial charge in [0.05, 0.1) is 28.0 Å². The average molecular weight is 532 g/mol. The fourth-order valence-electron chi connectivity index (χ4n) is 4.42. The number of esters is 1. The molecule has 8 nitrogen and oxygen atoms in total. The van der Waals surface area contributed by atoms with Crippen molar-refractivity contribution in [2.45, 2.75) is 13.0 Å². The predicted octanol–water partition coefficient (Wildman–Crippen LogP) is 5.92. The van der Waals surface area contributed by atoms with Crippen molar-refractivity contribution >= 4 is 28.6 Å². The topological polar surface area (TPSA) is 99.6 Å². The number of ether oxygens (including phenoxy) is 3. The van der Waals surface area contributed by atoms with Gasteiger partial charge in [0.15, 0.2) is 17.6 Å². The number of nitrogens with zero attached hydrogens (tertiary/aromatic N) is 2. The lowest BCUT2D eigenvalue weighted by Gasteiger charge is -2.19. The van der Waals surface area contributed by atoms with Crippen molar-refractivity contribution in [2.24, 2.45) is 0 Å². The third kappa shape index (κ3) is 5.19. The van der Waals surface area contributed by atoms with E-state index < -0.39 is 18.0 Å². The molecule has 1 amide bonds. The van der Waals surface area contributed by atoms with Gasteiger partial charge in [0.25, 0.3) is 5.91 Å². The van der Waals surface area contributed by atoms with Gasteiger partial charge in [-0.1, -0.05) is 60.7 Å². The summed E-state index contributed by atoms with van der Waals surface area (Å²) in [4.78, 5) is 35.5. The molecule has 0 aliphatic carbocycles. The monoisotopic (exact) mass is 531 g/mol. The van der Waals surface area contributed by atoms with Crippen LogP contribution in [0.5, 0.6) is 11.5 Å². The molecule has 5 aromatic rings. The minimum atomic E-state index is -1.04. The van der Waals surface area contributed by atoms with Gasteiger partial charge in [-0.2, -0.15) is 0 Å². The number of carbonyl (C=O) groups is 2. The Bertz CT molecular complexity index is 1710. The molecule has 1 aliphatic heterocycles. The second kappa shape index (κ2) is 10.9. The normalized spacial score (nSPS) is 12.9. The maximum Gasteiger partial charge on any atom is 0.338 e. The molecule has 1 N–H and O–H groups in total. The van der Waals surface area contributed by atoms with Gasteiger partial charge in [0, 0.05) is 22.9 Å². The summed E-state index contributed by atoms with van der Waals surface area (Å²) in [6.07, 6.45) is -1.04. The lowest BCUT2D eigenvalue weighted by Crippen LogP contribution is -2.30. The van der Waals surface area contributed by atoms with Crippen LogP contribution in [0.1, 0.15) is 17.3 Å². The second-order valence-electron chi connectivity index (χ2n) is 9.25. The molecule has 1 unspecified atom stereocenters. The average Bonchev–Trinajstić information content (AvgIpc) is 3.01. The van der Waals surface area contributed by atoms with E-state index in [-0.39, 0.29) is 5.56 Å². The zero-order valence-electron chi connectivity index (χ0n) is 21.7. The van der Waals surface area contributed by atoms with E-state index in [1.165, 1.54) is 6.92 Å². The van der Waals surface area contributed by atoms with Gasteiger partial charge in [-0.25, -0.2) is 14.8 Å². The van der Waals surface area contributed by atoms with E-state index in [2.05, 4.69) is 5.32 Å². The summed E-state index contributed by atoms with van der Waals surface area (Å²) in [5.74, 6) is 0.0668. The summed E-state index contributed by atoms with van der Waals surface area (Å²) < 4.78 is 16.6. The molecule has 0 saturated carbocycles. The highest BCUT2D eigenvalue weighted by Crippen LogP contribution is 2.33. The molecule has 1 aromatic heterocycles. The first-order chi connectivity index (χ1) is 19.5. The second-order valence-corrected chi connectivity index (χ2v) is 9.25. The van der Waals surface area contributed by atoms with E-state index in [1.807, 2.05) is 60.7 Å². The van der Waals surface area contributed by atoms with Crippen molar-refractivity contribution in [3.63, 3.8) is 0 Å². The predicted molar refractivity (Wildman–Crippen MR) is 151 cm³/mol. The van der Waals surface area contributed by atoms with Gasteiger partial charge >= 0.3 is 5.97 Å². The van der Waals surface area contributed by atoms with Crippen LogP contribution in [-0.4, -0.2) is 41.2 Å². The maximum atomic E-state index is 13.0. The number of benzene rings is 4. The molecule has 8 heteroatoms. The Morgan fingerprint density at radius 1 is 0.750 bits per heavy atom. The third-order valence-corrected chi connectivity index (χ3v) is 6.46. The van der Waals surface area contributed by atoms with Crippen LogP contribution in [0.3, 0.4) is 0 Å². The highest BCUT2D eigenvalue weighted by atomic mass is 16.6. The molecule has 198 valence electrons. The summed E-state index contributed by atoms with van der Waals surface area (Å²) in [7, 11) is 0. The van der Waals surface area contributed by atoms with Gasteiger partial charge in [-0.05, 0) is 37.3 Å². The molecular weight excluding hydrogens is 506 g/mol. The summed E-state index contributed by atoms with van der Waals surface area (Å²) >= 11 is 0. The first kappa shape index (κ1) is 25.1. The van der Waals surface area contributed by atoms with E-state index in [4.69, 9.17) is 24.2 Å². The summed E-state index contributed by atoms with van der Waals surface area (Å²) in [5, 5.41) is 2.75. The first-order valence-corrected chi connectivity index (χ1v) is 12.9. The van der Waals surface area contributed by atoms with Crippen molar-refractivity contribution in [3.8, 4) is 34.0 Å². The molecule has 0 fully saturated rings. The summed E-state index contributed by atoms with van der Waals surface area (Å²) in [6.45, 7) is 2.44. The Balaban J connectivity index is 1.23. The Kier molecular flexibility index (Phi) is 6.80. The minimum Gasteiger partial charge on any atom is -0.486 e. The number of aromatic nitrogens is 2. The maximum absolute atomic E-state index is 13.0. The Morgan fingerprint density at radius 3 is 2.05 bits per heavy atom. The van der Waals surface area contributed by atoms with Crippen molar-refractivity contribution in [2.75, 3.05) is 18.5 Å². The van der Waals surface area contributed by atoms with Crippen LogP contribution >= 0.6 is 0 Å². The van der Waals surface area contributed by atoms with Gasteiger partial charge in [-0.3, -0.25) is 4.79 Å². The zero-order chi connectivity index (χ0) is 27.5. The number of hydrogen-bond donors (Lipinski definition) is 1. The van der Waals surface area contributed by atoms with Crippen LogP contribution in [0.25, 0.3) is 33.5 Å². The number of fused-ring (bicyclic) bond motifs is 2. The summed E-state index contributed by atoms with van der Waals surface area (Å²) in [6, 6.07) is 29.7. The first-order valence-electron chi connectivity index (χ1n) is 12.9. The fourth-order valence-corrected chi connectivity index (χ4v) is 4.42. The Morgan fingerprint density at radius 2 is 1.38 bits per heavy atom. The molecule has 0 bridgehead atoms. The number of nitrogens with one attached hydrogen (secondary N) is 1. The van der Waals surface area contributed by atoms with Crippen LogP contribution in [0.4, 0.5) is 5.69 Å². The van der Waals surface area contributed by atoms with Crippen LogP contribution in [0.15, 0.2) is 97.1 Å². The largest absolute Gasteiger partial charge is 0.486 e. The van der Waals surface area contributed by atoms with Crippen molar-refractivity contribution in [1.29, 1.82) is 0 Å². The molecule has 0 spiro atoms. The lowest BCUT2D eigenvalue weighted by atomic mass is 10.0. The number of anilines is 1. The number of carbonyl (C=O) groups excluding carboxylic acids is 2. The van der Waals surface area contributed by atoms with Crippen LogP contribution in [0, 0.1) is 0 Å². The number of rotatable bonds is 6. The zero-order valence-corrected chi connectivity index (χ0v) is 21.7. The third-order valence-electron chi connectivity index (χ3n) is 6.46. The van der Waals surface area contributed by atoms with Crippen LogP contribution < -0.4 is 14.8 Å². The van der Waals surface area contributed by atoms with E-state index >= 15 is 0 Å². The molecule has 1 aliphatic rings. The van der Waals surface area contributed by atoms with E-state index in [9.17, 15) is 9.59 Å². The molecule has 1 atom stereocenters. The molecule has 2 heterocycles. The smallest absolute Gasteiger partial charge is 0.338 e. The van der Waals surface area contributed by atoms with Crippen LogP contribution in [-0.2, 0) is 9.53 Å². The minimum absolute atomic E-state index is 0.271. The Hall–Kier alpha value is -5.24. The Labute approximate surface area is 230 Å². The van der Waals surface area contributed by atoms with Crippen molar-refractivity contribution in [3.05, 3.63) is 103 Å². The van der Waals surface area contributed by atoms with Gasteiger partial charge in [-0.15, -0.1) is 0 Å². The van der Waals surface area contributed by atoms with Gasteiger partial charge in [0.2, 0.25) is 0 Å². The lowest BCUT2D eigenvalue weighted by molar-refractivity contribution is -0.123. The van der Waals surface area contributed by atoms with Crippen molar-refractivity contribution < 1.29 is 23.8 Å². The van der Waals surface area contributed by atoms with E-state index in [0.717, 1.165) is 16.8 Å². The fraction of sp³-hybridized carbons (Fsp3) is 0.125. The van der Waals surface area contributed by atoms with E-state index in [1.54, 1.807) is 36.4 Å². The molecule has 0 radical (unpaired) electrons. The SMILES string of the molecule is CC(OC(=O)c1ccc2nc(-c3ccccc3)c(-c3ccccc3)nc2c1)C(=O)Nc1ccc2c(c1)OCCO2. The van der Waals surface area contributed by atoms with Gasteiger partial charge < -0.3 is 19.5 Å². The molecule has 4 aromatic carbocycles. The van der Waals surface area contributed by atoms with E-state index in [0.29, 0.717) is 47.1 Å². The van der Waals surface area contributed by atoms with Crippen molar-refractivity contribution in [1.82, 2.24) is 9.97 Å². The highest BCUT2D eigenvalue weighted by molar-refractivity contribution is 5.99. The van der Waals surface area contributed by atoms with Crippen LogP contribution in [0.2, 0.25) is 0 Å². The quantitative estimate of drug-likeness (QED) is 0.272. The molecule has 6 rings (SSSR count). The van der Waals surface area contributed by atoms with Gasteiger partial charge in [0.1, 0.15) is 13.2 Å².